The number of hydrogen-bond acceptors (Lipinski definition) is 5. The topological polar surface area (TPSA) is 54.0 Å². The summed E-state index contributed by atoms with van der Waals surface area (Å²) >= 11 is 0. The van der Waals surface area contributed by atoms with E-state index in [0.29, 0.717) is 18.9 Å². The molecule has 1 saturated heterocycles. The van der Waals surface area contributed by atoms with Gasteiger partial charge in [0.05, 0.1) is 12.7 Å². The van der Waals surface area contributed by atoms with Crippen LogP contribution in [0.1, 0.15) is 78.2 Å². The fourth-order valence-corrected chi connectivity index (χ4v) is 4.41. The molecule has 0 N–H and O–H groups in total. The van der Waals surface area contributed by atoms with E-state index >= 15 is 0 Å². The molecule has 174 valence electrons. The van der Waals surface area contributed by atoms with Crippen LogP contribution in [-0.4, -0.2) is 42.8 Å². The molecule has 1 aliphatic heterocycles. The van der Waals surface area contributed by atoms with E-state index in [1.54, 1.807) is 0 Å². The summed E-state index contributed by atoms with van der Waals surface area (Å²) in [6.07, 6.45) is 8.20. The average Bonchev–Trinajstić information content (AvgIpc) is 2.73. The Kier molecular flexibility index (Phi) is 8.54. The van der Waals surface area contributed by atoms with Crippen molar-refractivity contribution >= 4 is 5.97 Å². The molecule has 0 amide bonds. The Balaban J connectivity index is 1.60. The van der Waals surface area contributed by atoms with E-state index in [1.165, 1.54) is 6.42 Å². The van der Waals surface area contributed by atoms with Crippen LogP contribution < -0.4 is 0 Å². The Morgan fingerprint density at radius 2 is 1.81 bits per heavy atom. The molecular formula is C26H40O5. The molecule has 2 fully saturated rings. The number of esters is 1. The first kappa shape index (κ1) is 24.2. The second-order valence-electron chi connectivity index (χ2n) is 10.3. The zero-order valence-electron chi connectivity index (χ0n) is 19.7. The summed E-state index contributed by atoms with van der Waals surface area (Å²) < 4.78 is 24.1. The molecule has 1 heterocycles. The van der Waals surface area contributed by atoms with Crippen molar-refractivity contribution in [2.45, 2.75) is 103 Å². The lowest BCUT2D eigenvalue weighted by Gasteiger charge is -2.36. The highest BCUT2D eigenvalue weighted by atomic mass is 16.7. The average molecular weight is 433 g/mol. The molecule has 1 aromatic carbocycles. The van der Waals surface area contributed by atoms with E-state index < -0.39 is 11.2 Å². The maximum atomic E-state index is 13.1. The number of carbonyl (C=O) groups excluding carboxylic acids is 1. The van der Waals surface area contributed by atoms with E-state index in [1.807, 2.05) is 58.0 Å². The van der Waals surface area contributed by atoms with Crippen LogP contribution in [0, 0.1) is 5.92 Å². The van der Waals surface area contributed by atoms with Gasteiger partial charge in [-0.25, -0.2) is 4.79 Å². The quantitative estimate of drug-likeness (QED) is 0.512. The first-order valence-corrected chi connectivity index (χ1v) is 11.9. The zero-order chi connectivity index (χ0) is 22.3. The van der Waals surface area contributed by atoms with Crippen molar-refractivity contribution in [2.75, 3.05) is 13.2 Å². The van der Waals surface area contributed by atoms with E-state index in [9.17, 15) is 4.79 Å². The van der Waals surface area contributed by atoms with Crippen molar-refractivity contribution < 1.29 is 23.7 Å². The van der Waals surface area contributed by atoms with E-state index in [-0.39, 0.29) is 18.4 Å². The van der Waals surface area contributed by atoms with Crippen LogP contribution in [0.3, 0.4) is 0 Å². The van der Waals surface area contributed by atoms with Gasteiger partial charge in [0.15, 0.2) is 11.9 Å². The molecule has 0 spiro atoms. The summed E-state index contributed by atoms with van der Waals surface area (Å²) in [4.78, 5) is 13.1. The summed E-state index contributed by atoms with van der Waals surface area (Å²) in [6.45, 7) is 8.88. The van der Waals surface area contributed by atoms with Crippen molar-refractivity contribution in [1.82, 2.24) is 0 Å². The summed E-state index contributed by atoms with van der Waals surface area (Å²) in [5.74, 6) is 0.0722. The number of rotatable bonds is 8. The van der Waals surface area contributed by atoms with Gasteiger partial charge in [0.25, 0.3) is 0 Å². The van der Waals surface area contributed by atoms with Crippen molar-refractivity contribution in [3.63, 3.8) is 0 Å². The molecule has 1 aromatic rings. The molecule has 2 aliphatic rings. The van der Waals surface area contributed by atoms with E-state index in [0.717, 1.165) is 50.7 Å². The molecule has 2 unspecified atom stereocenters. The second kappa shape index (κ2) is 10.9. The largest absolute Gasteiger partial charge is 0.458 e. The molecule has 5 nitrogen and oxygen atoms in total. The van der Waals surface area contributed by atoms with Gasteiger partial charge in [-0.2, -0.15) is 0 Å². The molecule has 3 rings (SSSR count). The van der Waals surface area contributed by atoms with Crippen LogP contribution in [0.25, 0.3) is 0 Å². The first-order chi connectivity index (χ1) is 14.7. The molecule has 31 heavy (non-hydrogen) atoms. The van der Waals surface area contributed by atoms with Gasteiger partial charge in [0.2, 0.25) is 0 Å². The first-order valence-electron chi connectivity index (χ1n) is 11.9. The van der Waals surface area contributed by atoms with E-state index in [2.05, 4.69) is 0 Å². The lowest BCUT2D eigenvalue weighted by molar-refractivity contribution is -0.200. The van der Waals surface area contributed by atoms with Gasteiger partial charge < -0.3 is 18.9 Å². The van der Waals surface area contributed by atoms with Crippen LogP contribution in [-0.2, 0) is 30.2 Å². The van der Waals surface area contributed by atoms with Crippen LogP contribution in [0.2, 0.25) is 0 Å². The highest BCUT2D eigenvalue weighted by molar-refractivity contribution is 5.80. The minimum Gasteiger partial charge on any atom is -0.458 e. The van der Waals surface area contributed by atoms with Gasteiger partial charge in [-0.3, -0.25) is 0 Å². The Labute approximate surface area is 187 Å². The standard InChI is InChI=1S/C26H40O5/c1-25(2,3)31-24(27)26(4,18-20-11-6-5-7-12-20)29-19-21-13-10-14-22(17-21)30-23-15-8-9-16-28-23/h5-7,11-12,21-23H,8-10,13-19H2,1-4H3/t21?,22-,23+,26?/m0/s1. The lowest BCUT2D eigenvalue weighted by atomic mass is 9.87. The molecular weight excluding hydrogens is 392 g/mol. The number of benzene rings is 1. The van der Waals surface area contributed by atoms with E-state index in [4.69, 9.17) is 18.9 Å². The monoisotopic (exact) mass is 432 g/mol. The third kappa shape index (κ3) is 7.89. The second-order valence-corrected chi connectivity index (χ2v) is 10.3. The van der Waals surface area contributed by atoms with Crippen molar-refractivity contribution in [3.8, 4) is 0 Å². The highest BCUT2D eigenvalue weighted by Crippen LogP contribution is 2.31. The predicted octanol–water partition coefficient (Wildman–Crippen LogP) is 5.45. The van der Waals surface area contributed by atoms with Crippen molar-refractivity contribution in [1.29, 1.82) is 0 Å². The summed E-state index contributed by atoms with van der Waals surface area (Å²) in [7, 11) is 0. The zero-order valence-corrected chi connectivity index (χ0v) is 19.7. The predicted molar refractivity (Wildman–Crippen MR) is 121 cm³/mol. The van der Waals surface area contributed by atoms with Gasteiger partial charge in [-0.05, 0) is 77.7 Å². The van der Waals surface area contributed by atoms with Gasteiger partial charge in [-0.1, -0.05) is 36.8 Å². The van der Waals surface area contributed by atoms with Crippen LogP contribution in [0.4, 0.5) is 0 Å². The maximum Gasteiger partial charge on any atom is 0.338 e. The summed E-state index contributed by atoms with van der Waals surface area (Å²) in [5, 5.41) is 0. The third-order valence-corrected chi connectivity index (χ3v) is 6.07. The van der Waals surface area contributed by atoms with Crippen LogP contribution in [0.5, 0.6) is 0 Å². The molecule has 5 heteroatoms. The fraction of sp³-hybridized carbons (Fsp3) is 0.731. The molecule has 1 saturated carbocycles. The summed E-state index contributed by atoms with van der Waals surface area (Å²) in [6, 6.07) is 10.0. The highest BCUT2D eigenvalue weighted by Gasteiger charge is 2.39. The van der Waals surface area contributed by atoms with Crippen molar-refractivity contribution in [2.24, 2.45) is 5.92 Å². The smallest absolute Gasteiger partial charge is 0.338 e. The Morgan fingerprint density at radius 1 is 1.03 bits per heavy atom. The molecule has 1 aliphatic carbocycles. The summed E-state index contributed by atoms with van der Waals surface area (Å²) in [5.41, 5.74) is -0.507. The Bertz CT molecular complexity index is 677. The SMILES string of the molecule is CC(C)(C)OC(=O)C(C)(Cc1ccccc1)OCC1CCC[C@H](O[C@@H]2CCCCO2)C1. The minimum absolute atomic E-state index is 0.0523. The third-order valence-electron chi connectivity index (χ3n) is 6.07. The Hall–Kier alpha value is -1.43. The molecule has 4 atom stereocenters. The van der Waals surface area contributed by atoms with Crippen LogP contribution >= 0.6 is 0 Å². The van der Waals surface area contributed by atoms with Gasteiger partial charge in [0.1, 0.15) is 5.60 Å². The lowest BCUT2D eigenvalue weighted by Crippen LogP contribution is -2.46. The van der Waals surface area contributed by atoms with Crippen LogP contribution in [0.15, 0.2) is 30.3 Å². The molecule has 0 bridgehead atoms. The molecule has 0 aromatic heterocycles. The molecule has 0 radical (unpaired) electrons. The van der Waals surface area contributed by atoms with Gasteiger partial charge >= 0.3 is 5.97 Å². The number of hydrogen-bond donors (Lipinski definition) is 0. The fourth-order valence-electron chi connectivity index (χ4n) is 4.41. The van der Waals surface area contributed by atoms with Gasteiger partial charge in [-0.15, -0.1) is 0 Å². The minimum atomic E-state index is -1.02. The van der Waals surface area contributed by atoms with Crippen molar-refractivity contribution in [3.05, 3.63) is 35.9 Å². The normalized spacial score (nSPS) is 26.8. The maximum absolute atomic E-state index is 13.1. The Morgan fingerprint density at radius 3 is 2.48 bits per heavy atom. The number of carbonyl (C=O) groups is 1. The number of ether oxygens (including phenoxy) is 4. The van der Waals surface area contributed by atoms with Gasteiger partial charge in [0, 0.05) is 13.0 Å².